The number of aliphatic carboxylic acids is 1. The van der Waals surface area contributed by atoms with E-state index >= 15 is 0 Å². The fraction of sp³-hybridized carbons (Fsp3) is 0.606. The number of benzene rings is 1. The van der Waals surface area contributed by atoms with Crippen molar-refractivity contribution >= 4 is 5.97 Å². The number of carbonyl (C=O) groups is 1. The third kappa shape index (κ3) is 9.72. The monoisotopic (exact) mass is 510 g/mol. The molecule has 1 aliphatic heterocycles. The second-order valence-electron chi connectivity index (χ2n) is 11.4. The van der Waals surface area contributed by atoms with Gasteiger partial charge < -0.3 is 14.6 Å². The van der Waals surface area contributed by atoms with Crippen LogP contribution >= 0.6 is 0 Å². The van der Waals surface area contributed by atoms with Gasteiger partial charge in [-0.2, -0.15) is 0 Å². The van der Waals surface area contributed by atoms with Crippen LogP contribution in [0.3, 0.4) is 0 Å². The highest BCUT2D eigenvalue weighted by atomic mass is 16.5. The van der Waals surface area contributed by atoms with Crippen molar-refractivity contribution in [3.05, 3.63) is 57.2 Å². The van der Waals surface area contributed by atoms with Crippen LogP contribution in [-0.4, -0.2) is 23.3 Å². The standard InChI is InChI=1S/C33H50O4/c1-23(2)13-9-14-24(3)15-10-16-25(4)17-11-20-33(8)21-19-29-28(7)31(36-22-12-18-30(34)35)26(5)27(6)32(29)37-33/h13,15,17H,9-12,14,16,18-22H2,1-8H3,(H,34,35)/b24-15+,25-17+/t33-/m1/s1. The highest BCUT2D eigenvalue weighted by molar-refractivity contribution is 5.66. The number of ether oxygens (including phenoxy) is 2. The van der Waals surface area contributed by atoms with Crippen molar-refractivity contribution in [2.24, 2.45) is 0 Å². The summed E-state index contributed by atoms with van der Waals surface area (Å²) in [6.07, 6.45) is 16.3. The summed E-state index contributed by atoms with van der Waals surface area (Å²) in [6.45, 7) is 17.8. The third-order valence-electron chi connectivity index (χ3n) is 7.63. The van der Waals surface area contributed by atoms with E-state index in [-0.39, 0.29) is 12.0 Å². The summed E-state index contributed by atoms with van der Waals surface area (Å²) in [7, 11) is 0. The predicted octanol–water partition coefficient (Wildman–Crippen LogP) is 9.14. The summed E-state index contributed by atoms with van der Waals surface area (Å²) >= 11 is 0. The van der Waals surface area contributed by atoms with Crippen LogP contribution in [0.4, 0.5) is 0 Å². The van der Waals surface area contributed by atoms with E-state index in [9.17, 15) is 4.79 Å². The number of allylic oxidation sites excluding steroid dienone is 6. The van der Waals surface area contributed by atoms with Crippen LogP contribution in [0, 0.1) is 20.8 Å². The first-order valence-corrected chi connectivity index (χ1v) is 14.0. The van der Waals surface area contributed by atoms with Gasteiger partial charge in [0.05, 0.1) is 6.61 Å². The minimum absolute atomic E-state index is 0.129. The van der Waals surface area contributed by atoms with E-state index in [4.69, 9.17) is 14.6 Å². The van der Waals surface area contributed by atoms with Gasteiger partial charge in [0.25, 0.3) is 0 Å². The summed E-state index contributed by atoms with van der Waals surface area (Å²) in [4.78, 5) is 10.8. The lowest BCUT2D eigenvalue weighted by molar-refractivity contribution is -0.137. The maximum absolute atomic E-state index is 10.8. The molecule has 1 atom stereocenters. The molecule has 0 saturated heterocycles. The highest BCUT2D eigenvalue weighted by Crippen LogP contribution is 2.44. The van der Waals surface area contributed by atoms with Crippen molar-refractivity contribution in [3.63, 3.8) is 0 Å². The van der Waals surface area contributed by atoms with Crippen molar-refractivity contribution in [2.45, 2.75) is 125 Å². The number of hydrogen-bond donors (Lipinski definition) is 1. The molecule has 0 unspecified atom stereocenters. The van der Waals surface area contributed by atoms with Crippen LogP contribution in [0.5, 0.6) is 11.5 Å². The number of rotatable bonds is 14. The molecule has 4 nitrogen and oxygen atoms in total. The van der Waals surface area contributed by atoms with Gasteiger partial charge in [0.15, 0.2) is 0 Å². The van der Waals surface area contributed by atoms with E-state index in [0.29, 0.717) is 13.0 Å². The smallest absolute Gasteiger partial charge is 0.303 e. The Morgan fingerprint density at radius 3 is 2.16 bits per heavy atom. The normalized spacial score (nSPS) is 17.7. The van der Waals surface area contributed by atoms with Gasteiger partial charge in [-0.25, -0.2) is 0 Å². The molecule has 206 valence electrons. The molecule has 0 amide bonds. The molecule has 1 aliphatic rings. The van der Waals surface area contributed by atoms with E-state index in [1.807, 2.05) is 0 Å². The van der Waals surface area contributed by atoms with E-state index in [1.54, 1.807) is 0 Å². The lowest BCUT2D eigenvalue weighted by Crippen LogP contribution is -2.37. The van der Waals surface area contributed by atoms with Crippen LogP contribution < -0.4 is 9.47 Å². The van der Waals surface area contributed by atoms with Gasteiger partial charge in [-0.1, -0.05) is 34.9 Å². The summed E-state index contributed by atoms with van der Waals surface area (Å²) in [5.74, 6) is 1.14. The van der Waals surface area contributed by atoms with Crippen LogP contribution in [-0.2, 0) is 11.2 Å². The minimum atomic E-state index is -0.783. The van der Waals surface area contributed by atoms with Crippen molar-refractivity contribution in [1.29, 1.82) is 0 Å². The number of hydrogen-bond acceptors (Lipinski definition) is 3. The van der Waals surface area contributed by atoms with Crippen LogP contribution in [0.25, 0.3) is 0 Å². The molecule has 0 aliphatic carbocycles. The van der Waals surface area contributed by atoms with Crippen LogP contribution in [0.1, 0.15) is 115 Å². The summed E-state index contributed by atoms with van der Waals surface area (Å²) in [6, 6.07) is 0. The number of carboxylic acid groups (broad SMARTS) is 1. The number of fused-ring (bicyclic) bond motifs is 1. The van der Waals surface area contributed by atoms with E-state index in [2.05, 4.69) is 73.6 Å². The Morgan fingerprint density at radius 1 is 0.919 bits per heavy atom. The topological polar surface area (TPSA) is 55.8 Å². The average Bonchev–Trinajstić information content (AvgIpc) is 2.81. The van der Waals surface area contributed by atoms with Gasteiger partial charge in [0.2, 0.25) is 0 Å². The first-order chi connectivity index (χ1) is 17.4. The first-order valence-electron chi connectivity index (χ1n) is 14.0. The Labute approximate surface area is 225 Å². The molecule has 0 aromatic heterocycles. The predicted molar refractivity (Wildman–Crippen MR) is 155 cm³/mol. The molecule has 37 heavy (non-hydrogen) atoms. The van der Waals surface area contributed by atoms with Gasteiger partial charge in [0, 0.05) is 12.0 Å². The molecule has 4 heteroatoms. The Hall–Kier alpha value is -2.49. The van der Waals surface area contributed by atoms with Gasteiger partial charge in [-0.15, -0.1) is 0 Å². The minimum Gasteiger partial charge on any atom is -0.493 e. The first kappa shape index (κ1) is 30.7. The van der Waals surface area contributed by atoms with Crippen molar-refractivity contribution in [2.75, 3.05) is 6.61 Å². The Balaban J connectivity index is 1.94. The summed E-state index contributed by atoms with van der Waals surface area (Å²) in [5, 5.41) is 8.88. The van der Waals surface area contributed by atoms with E-state index in [0.717, 1.165) is 79.6 Å². The molecule has 0 radical (unpaired) electrons. The molecule has 2 rings (SSSR count). The van der Waals surface area contributed by atoms with Gasteiger partial charge in [-0.05, 0) is 130 Å². The molecule has 1 N–H and O–H groups in total. The second-order valence-corrected chi connectivity index (χ2v) is 11.4. The van der Waals surface area contributed by atoms with Gasteiger partial charge in [-0.3, -0.25) is 4.79 Å². The molecule has 1 aromatic carbocycles. The fourth-order valence-corrected chi connectivity index (χ4v) is 5.03. The maximum atomic E-state index is 10.8. The zero-order valence-corrected chi connectivity index (χ0v) is 24.7. The molecular formula is C33H50O4. The van der Waals surface area contributed by atoms with E-state index in [1.165, 1.54) is 22.3 Å². The maximum Gasteiger partial charge on any atom is 0.303 e. The zero-order valence-electron chi connectivity index (χ0n) is 24.7. The molecule has 1 aromatic rings. The zero-order chi connectivity index (χ0) is 27.6. The molecule has 0 bridgehead atoms. The van der Waals surface area contributed by atoms with Crippen molar-refractivity contribution < 1.29 is 19.4 Å². The highest BCUT2D eigenvalue weighted by Gasteiger charge is 2.34. The molecular weight excluding hydrogens is 460 g/mol. The Morgan fingerprint density at radius 2 is 1.54 bits per heavy atom. The van der Waals surface area contributed by atoms with Gasteiger partial charge in [0.1, 0.15) is 17.1 Å². The van der Waals surface area contributed by atoms with E-state index < -0.39 is 5.97 Å². The number of carboxylic acids is 1. The average molecular weight is 511 g/mol. The second kappa shape index (κ2) is 14.4. The lowest BCUT2D eigenvalue weighted by atomic mass is 9.85. The Bertz CT molecular complexity index is 1020. The quantitative estimate of drug-likeness (QED) is 0.200. The van der Waals surface area contributed by atoms with Crippen LogP contribution in [0.2, 0.25) is 0 Å². The van der Waals surface area contributed by atoms with Gasteiger partial charge >= 0.3 is 5.97 Å². The lowest BCUT2D eigenvalue weighted by Gasteiger charge is -2.38. The third-order valence-corrected chi connectivity index (χ3v) is 7.63. The molecule has 0 spiro atoms. The Kier molecular flexibility index (Phi) is 12.0. The fourth-order valence-electron chi connectivity index (χ4n) is 5.03. The molecule has 0 fully saturated rings. The SMILES string of the molecule is CC(C)=CCC/C(C)=C/CC/C(C)=C/CC[C@]1(C)CCc2c(C)c(OCCCC(=O)O)c(C)c(C)c2O1. The summed E-state index contributed by atoms with van der Waals surface area (Å²) in [5.41, 5.74) is 8.78. The van der Waals surface area contributed by atoms with Crippen LogP contribution in [0.15, 0.2) is 34.9 Å². The molecule has 0 saturated carbocycles. The summed E-state index contributed by atoms with van der Waals surface area (Å²) < 4.78 is 12.7. The van der Waals surface area contributed by atoms with Crippen molar-refractivity contribution in [3.8, 4) is 11.5 Å². The van der Waals surface area contributed by atoms with Crippen molar-refractivity contribution in [1.82, 2.24) is 0 Å². The largest absolute Gasteiger partial charge is 0.493 e. The molecule has 1 heterocycles.